The summed E-state index contributed by atoms with van der Waals surface area (Å²) in [6.45, 7) is 11.0. The first-order valence-corrected chi connectivity index (χ1v) is 11.3. The number of sulfone groups is 1. The molecule has 0 spiro atoms. The van der Waals surface area contributed by atoms with Crippen molar-refractivity contribution in [2.75, 3.05) is 5.75 Å². The summed E-state index contributed by atoms with van der Waals surface area (Å²) in [6.07, 6.45) is -0.124. The molecule has 7 heteroatoms. The first-order valence-electron chi connectivity index (χ1n) is 9.59. The van der Waals surface area contributed by atoms with Crippen molar-refractivity contribution >= 4 is 15.7 Å². The molecule has 0 bridgehead atoms. The zero-order chi connectivity index (χ0) is 20.9. The lowest BCUT2D eigenvalue weighted by Crippen LogP contribution is -2.63. The third-order valence-corrected chi connectivity index (χ3v) is 6.93. The van der Waals surface area contributed by atoms with Crippen molar-refractivity contribution < 1.29 is 22.7 Å². The highest BCUT2D eigenvalue weighted by molar-refractivity contribution is 7.92. The molecule has 0 radical (unpaired) electrons. The Morgan fingerprint density at radius 3 is 2.43 bits per heavy atom. The van der Waals surface area contributed by atoms with E-state index in [9.17, 15) is 13.2 Å². The van der Waals surface area contributed by atoms with E-state index in [4.69, 9.17) is 9.47 Å². The van der Waals surface area contributed by atoms with Gasteiger partial charge in [0, 0.05) is 12.8 Å². The maximum Gasteiger partial charge on any atom is 0.217 e. The molecule has 1 aliphatic rings. The zero-order valence-electron chi connectivity index (χ0n) is 17.1. The lowest BCUT2D eigenvalue weighted by Gasteiger charge is -2.45. The Hall–Kier alpha value is -1.70. The fourth-order valence-corrected chi connectivity index (χ4v) is 5.52. The fraction of sp³-hybridized carbons (Fsp3) is 0.571. The second kappa shape index (κ2) is 9.67. The average molecular weight is 410 g/mol. The minimum Gasteiger partial charge on any atom is -0.371 e. The van der Waals surface area contributed by atoms with Crippen LogP contribution in [-0.4, -0.2) is 43.8 Å². The number of benzene rings is 1. The highest BCUT2D eigenvalue weighted by atomic mass is 32.2. The van der Waals surface area contributed by atoms with Gasteiger partial charge in [-0.05, 0) is 18.9 Å². The van der Waals surface area contributed by atoms with Crippen molar-refractivity contribution in [2.45, 2.75) is 64.4 Å². The Balaban J connectivity index is 2.35. The van der Waals surface area contributed by atoms with Crippen LogP contribution in [0.2, 0.25) is 0 Å². The van der Waals surface area contributed by atoms with Gasteiger partial charge in [0.2, 0.25) is 5.91 Å². The summed E-state index contributed by atoms with van der Waals surface area (Å²) < 4.78 is 38.1. The Labute approximate surface area is 168 Å². The lowest BCUT2D eigenvalue weighted by molar-refractivity contribution is -0.154. The van der Waals surface area contributed by atoms with Crippen LogP contribution in [0.1, 0.15) is 39.7 Å². The molecule has 1 unspecified atom stereocenters. The summed E-state index contributed by atoms with van der Waals surface area (Å²) >= 11 is 0. The number of hydrogen-bond donors (Lipinski definition) is 1. The van der Waals surface area contributed by atoms with Gasteiger partial charge in [-0.15, -0.1) is 0 Å². The second-order valence-corrected chi connectivity index (χ2v) is 9.64. The van der Waals surface area contributed by atoms with Crippen LogP contribution < -0.4 is 5.32 Å². The zero-order valence-corrected chi connectivity index (χ0v) is 17.9. The van der Waals surface area contributed by atoms with Crippen LogP contribution in [0, 0.1) is 5.92 Å². The molecule has 5 atom stereocenters. The van der Waals surface area contributed by atoms with Crippen molar-refractivity contribution in [1.29, 1.82) is 0 Å². The van der Waals surface area contributed by atoms with Crippen LogP contribution in [0.4, 0.5) is 0 Å². The molecule has 1 saturated heterocycles. The number of amides is 1. The Morgan fingerprint density at radius 1 is 1.25 bits per heavy atom. The van der Waals surface area contributed by atoms with E-state index in [1.807, 2.05) is 44.2 Å². The van der Waals surface area contributed by atoms with E-state index >= 15 is 0 Å². The molecule has 156 valence electrons. The molecule has 0 aromatic heterocycles. The molecular formula is C21H31NO5S. The predicted molar refractivity (Wildman–Crippen MR) is 109 cm³/mol. The van der Waals surface area contributed by atoms with Crippen molar-refractivity contribution in [1.82, 2.24) is 5.32 Å². The average Bonchev–Trinajstić information content (AvgIpc) is 2.60. The molecule has 1 fully saturated rings. The number of carbonyl (C=O) groups excluding carboxylic acids is 1. The summed E-state index contributed by atoms with van der Waals surface area (Å²) in [5.74, 6) is -0.592. The molecule has 0 aliphatic carbocycles. The highest BCUT2D eigenvalue weighted by Crippen LogP contribution is 2.33. The number of hydrogen-bond acceptors (Lipinski definition) is 5. The highest BCUT2D eigenvalue weighted by Gasteiger charge is 2.49. The number of ether oxygens (including phenoxy) is 2. The normalized spacial score (nSPS) is 27.9. The van der Waals surface area contributed by atoms with Gasteiger partial charge in [0.1, 0.15) is 0 Å². The van der Waals surface area contributed by atoms with Crippen molar-refractivity contribution in [3.05, 3.63) is 48.0 Å². The van der Waals surface area contributed by atoms with E-state index in [0.29, 0.717) is 18.6 Å². The third-order valence-electron chi connectivity index (χ3n) is 4.92. The number of carbonyl (C=O) groups is 1. The molecule has 1 aromatic rings. The monoisotopic (exact) mass is 409 g/mol. The fourth-order valence-electron chi connectivity index (χ4n) is 3.68. The first kappa shape index (κ1) is 22.6. The summed E-state index contributed by atoms with van der Waals surface area (Å²) in [4.78, 5) is 11.8. The summed E-state index contributed by atoms with van der Waals surface area (Å²) in [7, 11) is -3.68. The van der Waals surface area contributed by atoms with Gasteiger partial charge >= 0.3 is 0 Å². The van der Waals surface area contributed by atoms with Crippen LogP contribution in [0.5, 0.6) is 0 Å². The van der Waals surface area contributed by atoms with Gasteiger partial charge in [-0.1, -0.05) is 56.3 Å². The number of rotatable bonds is 8. The molecule has 1 amide bonds. The van der Waals surface area contributed by atoms with Crippen LogP contribution >= 0.6 is 0 Å². The van der Waals surface area contributed by atoms with E-state index in [0.717, 1.165) is 5.56 Å². The second-order valence-electron chi connectivity index (χ2n) is 7.56. The Bertz CT molecular complexity index is 777. The molecule has 28 heavy (non-hydrogen) atoms. The van der Waals surface area contributed by atoms with E-state index in [-0.39, 0.29) is 23.7 Å². The van der Waals surface area contributed by atoms with Crippen molar-refractivity contribution in [3.63, 3.8) is 0 Å². The van der Waals surface area contributed by atoms with Gasteiger partial charge in [0.05, 0.1) is 30.6 Å². The minimum atomic E-state index is -3.68. The number of nitrogens with one attached hydrogen (secondary N) is 1. The van der Waals surface area contributed by atoms with Crippen LogP contribution in [0.25, 0.3) is 0 Å². The maximum absolute atomic E-state index is 13.0. The predicted octanol–water partition coefficient (Wildman–Crippen LogP) is 2.84. The summed E-state index contributed by atoms with van der Waals surface area (Å²) in [5, 5.41) is 2.77. The van der Waals surface area contributed by atoms with Crippen LogP contribution in [-0.2, 0) is 30.7 Å². The largest absolute Gasteiger partial charge is 0.371 e. The quantitative estimate of drug-likeness (QED) is 0.668. The van der Waals surface area contributed by atoms with Gasteiger partial charge < -0.3 is 14.8 Å². The summed E-state index contributed by atoms with van der Waals surface area (Å²) in [5.41, 5.74) is 0.339. The molecular weight excluding hydrogens is 378 g/mol. The van der Waals surface area contributed by atoms with E-state index in [1.165, 1.54) is 6.92 Å². The first-order chi connectivity index (χ1) is 13.2. The molecule has 0 saturated carbocycles. The van der Waals surface area contributed by atoms with Gasteiger partial charge in [-0.2, -0.15) is 0 Å². The van der Waals surface area contributed by atoms with Crippen molar-refractivity contribution in [3.8, 4) is 0 Å². The molecule has 6 nitrogen and oxygen atoms in total. The van der Waals surface area contributed by atoms with Crippen LogP contribution in [0.3, 0.4) is 0 Å². The minimum absolute atomic E-state index is 0.0816. The third kappa shape index (κ3) is 5.65. The topological polar surface area (TPSA) is 81.7 Å². The van der Waals surface area contributed by atoms with Gasteiger partial charge in [-0.3, -0.25) is 4.79 Å². The smallest absolute Gasteiger partial charge is 0.217 e. The maximum atomic E-state index is 13.0. The van der Waals surface area contributed by atoms with Crippen molar-refractivity contribution in [2.24, 2.45) is 5.92 Å². The molecule has 1 N–H and O–H groups in total. The molecule has 1 aliphatic heterocycles. The SMILES string of the molecule is C=C(C)CS(=O)(=O)C1O[C@H](CC)[C@@H](C)[C@H](OCc2ccccc2)[C@H]1NC(C)=O. The summed E-state index contributed by atoms with van der Waals surface area (Å²) in [6, 6.07) is 8.88. The Morgan fingerprint density at radius 2 is 1.89 bits per heavy atom. The molecule has 2 rings (SSSR count). The molecule has 1 heterocycles. The standard InChI is InChI=1S/C21H31NO5S/c1-6-18-15(4)20(26-12-17-10-8-7-9-11-17)19(22-16(5)23)21(27-18)28(24,25)13-14(2)3/h7-11,15,18-21H,2,6,12-13H2,1,3-5H3,(H,22,23)/t15-,18-,19-,20+,21?/m1/s1. The van der Waals surface area contributed by atoms with E-state index < -0.39 is 27.4 Å². The molecule has 1 aromatic carbocycles. The van der Waals surface area contributed by atoms with Gasteiger partial charge in [0.25, 0.3) is 0 Å². The van der Waals surface area contributed by atoms with E-state index in [2.05, 4.69) is 11.9 Å². The van der Waals surface area contributed by atoms with Crippen LogP contribution in [0.15, 0.2) is 42.5 Å². The van der Waals surface area contributed by atoms with E-state index in [1.54, 1.807) is 6.92 Å². The lowest BCUT2D eigenvalue weighted by atomic mass is 9.88. The Kier molecular flexibility index (Phi) is 7.80. The van der Waals surface area contributed by atoms with Gasteiger partial charge in [0.15, 0.2) is 15.3 Å². The van der Waals surface area contributed by atoms with Gasteiger partial charge in [-0.25, -0.2) is 8.42 Å².